The van der Waals surface area contributed by atoms with Gasteiger partial charge in [-0.3, -0.25) is 19.6 Å². The monoisotopic (exact) mass is 448 g/mol. The van der Waals surface area contributed by atoms with Gasteiger partial charge in [0.1, 0.15) is 17.9 Å². The molecule has 1 N–H and O–H groups in total. The highest BCUT2D eigenvalue weighted by Gasteiger charge is 2.34. The second-order valence-corrected chi connectivity index (χ2v) is 7.01. The maximum Gasteiger partial charge on any atom is 0.294 e. The number of nitro groups is 1. The molecule has 1 aliphatic rings. The standard InChI is InChI=1S/C15H12BrClF2N4O3/c16-12-13(15(18)19)21-22(14(12)7-1-2-7)6-11(24)20-9-4-3-8(17)5-10(9)23(25)26/h3-5,7,15H,1-2,6H2,(H,20,24). The summed E-state index contributed by atoms with van der Waals surface area (Å²) in [5.74, 6) is -0.546. The SMILES string of the molecule is O=C(Cn1nc(C(F)F)c(Br)c1C1CC1)Nc1ccc(Cl)cc1[N+](=O)[O-]. The maximum absolute atomic E-state index is 13.1. The minimum Gasteiger partial charge on any atom is -0.319 e. The fraction of sp³-hybridized carbons (Fsp3) is 0.333. The third-order valence-electron chi connectivity index (χ3n) is 3.85. The number of halogens is 4. The summed E-state index contributed by atoms with van der Waals surface area (Å²) < 4.78 is 27.6. The van der Waals surface area contributed by atoms with E-state index in [1.54, 1.807) is 0 Å². The molecule has 0 atom stereocenters. The summed E-state index contributed by atoms with van der Waals surface area (Å²) in [6, 6.07) is 3.83. The van der Waals surface area contributed by atoms with E-state index in [2.05, 4.69) is 26.3 Å². The number of nitrogens with zero attached hydrogens (tertiary/aromatic N) is 3. The molecule has 1 heterocycles. The Kier molecular flexibility index (Phi) is 5.24. The average molecular weight is 450 g/mol. The summed E-state index contributed by atoms with van der Waals surface area (Å²) in [6.45, 7) is -0.336. The summed E-state index contributed by atoms with van der Waals surface area (Å²) >= 11 is 8.87. The fourth-order valence-corrected chi connectivity index (χ4v) is 3.51. The predicted octanol–water partition coefficient (Wildman–Crippen LogP) is 4.66. The third kappa shape index (κ3) is 3.85. The molecular weight excluding hydrogens is 438 g/mol. The minimum absolute atomic E-state index is 0.0299. The van der Waals surface area contributed by atoms with E-state index in [0.29, 0.717) is 5.69 Å². The van der Waals surface area contributed by atoms with Gasteiger partial charge in [-0.2, -0.15) is 5.10 Å². The lowest BCUT2D eigenvalue weighted by Crippen LogP contribution is -2.21. The summed E-state index contributed by atoms with van der Waals surface area (Å²) in [5, 5.41) is 17.5. The fourth-order valence-electron chi connectivity index (χ4n) is 2.57. The van der Waals surface area contributed by atoms with E-state index in [4.69, 9.17) is 11.6 Å². The van der Waals surface area contributed by atoms with Crippen LogP contribution in [0.2, 0.25) is 5.02 Å². The highest BCUT2D eigenvalue weighted by atomic mass is 79.9. The molecule has 1 aliphatic carbocycles. The van der Waals surface area contributed by atoms with E-state index in [-0.39, 0.29) is 33.3 Å². The smallest absolute Gasteiger partial charge is 0.294 e. The molecule has 1 aromatic carbocycles. The molecule has 1 fully saturated rings. The number of rotatable bonds is 6. The van der Waals surface area contributed by atoms with Crippen LogP contribution in [0.5, 0.6) is 0 Å². The van der Waals surface area contributed by atoms with Crippen molar-refractivity contribution in [2.45, 2.75) is 31.7 Å². The average Bonchev–Trinajstić information content (AvgIpc) is 3.33. The molecule has 11 heteroatoms. The molecule has 0 saturated heterocycles. The first-order valence-electron chi connectivity index (χ1n) is 7.56. The van der Waals surface area contributed by atoms with Gasteiger partial charge in [-0.25, -0.2) is 8.78 Å². The molecule has 1 amide bonds. The summed E-state index contributed by atoms with van der Waals surface area (Å²) in [7, 11) is 0. The highest BCUT2D eigenvalue weighted by Crippen LogP contribution is 2.45. The topological polar surface area (TPSA) is 90.1 Å². The number of carbonyl (C=O) groups excluding carboxylic acids is 1. The minimum atomic E-state index is -2.77. The van der Waals surface area contributed by atoms with E-state index in [1.165, 1.54) is 16.8 Å². The van der Waals surface area contributed by atoms with Crippen molar-refractivity contribution in [2.24, 2.45) is 0 Å². The number of nitro benzene ring substituents is 1. The van der Waals surface area contributed by atoms with Crippen molar-refractivity contribution in [3.8, 4) is 0 Å². The number of benzene rings is 1. The van der Waals surface area contributed by atoms with E-state index < -0.39 is 22.9 Å². The Morgan fingerprint density at radius 2 is 2.19 bits per heavy atom. The van der Waals surface area contributed by atoms with Crippen molar-refractivity contribution >= 4 is 44.8 Å². The van der Waals surface area contributed by atoms with E-state index in [9.17, 15) is 23.7 Å². The normalized spacial score (nSPS) is 13.9. The zero-order valence-corrected chi connectivity index (χ0v) is 15.4. The molecule has 0 radical (unpaired) electrons. The van der Waals surface area contributed by atoms with Gasteiger partial charge in [0, 0.05) is 17.0 Å². The van der Waals surface area contributed by atoms with Crippen LogP contribution < -0.4 is 5.32 Å². The predicted molar refractivity (Wildman–Crippen MR) is 93.6 cm³/mol. The Labute approximate surface area is 159 Å². The number of aromatic nitrogens is 2. The van der Waals surface area contributed by atoms with Crippen LogP contribution in [0, 0.1) is 10.1 Å². The van der Waals surface area contributed by atoms with Crippen LogP contribution >= 0.6 is 27.5 Å². The molecule has 138 valence electrons. The van der Waals surface area contributed by atoms with E-state index >= 15 is 0 Å². The van der Waals surface area contributed by atoms with Crippen LogP contribution in [0.4, 0.5) is 20.2 Å². The summed E-state index contributed by atoms with van der Waals surface area (Å²) in [6.07, 6.45) is -1.11. The van der Waals surface area contributed by atoms with Crippen LogP contribution in [0.15, 0.2) is 22.7 Å². The summed E-state index contributed by atoms with van der Waals surface area (Å²) in [4.78, 5) is 22.7. The van der Waals surface area contributed by atoms with Crippen molar-refractivity contribution in [2.75, 3.05) is 5.32 Å². The Morgan fingerprint density at radius 3 is 2.77 bits per heavy atom. The quantitative estimate of drug-likeness (QED) is 0.513. The molecule has 0 aliphatic heterocycles. The molecule has 0 spiro atoms. The second kappa shape index (κ2) is 7.28. The Bertz CT molecular complexity index is 886. The Hall–Kier alpha value is -2.07. The lowest BCUT2D eigenvalue weighted by atomic mass is 10.2. The van der Waals surface area contributed by atoms with Gasteiger partial charge in [-0.1, -0.05) is 11.6 Å². The second-order valence-electron chi connectivity index (χ2n) is 5.78. The van der Waals surface area contributed by atoms with Crippen molar-refractivity contribution in [1.29, 1.82) is 0 Å². The van der Waals surface area contributed by atoms with Crippen LogP contribution in [0.3, 0.4) is 0 Å². The maximum atomic E-state index is 13.1. The number of nitrogens with one attached hydrogen (secondary N) is 1. The van der Waals surface area contributed by atoms with Gasteiger partial charge in [0.15, 0.2) is 0 Å². The number of carbonyl (C=O) groups is 1. The molecule has 1 aromatic heterocycles. The first-order chi connectivity index (χ1) is 12.3. The first-order valence-corrected chi connectivity index (χ1v) is 8.73. The Morgan fingerprint density at radius 1 is 1.50 bits per heavy atom. The van der Waals surface area contributed by atoms with Gasteiger partial charge >= 0.3 is 0 Å². The lowest BCUT2D eigenvalue weighted by molar-refractivity contribution is -0.383. The number of anilines is 1. The molecule has 0 unspecified atom stereocenters. The molecule has 3 rings (SSSR count). The van der Waals surface area contributed by atoms with Crippen molar-refractivity contribution in [3.63, 3.8) is 0 Å². The lowest BCUT2D eigenvalue weighted by Gasteiger charge is -2.09. The van der Waals surface area contributed by atoms with E-state index in [0.717, 1.165) is 18.9 Å². The van der Waals surface area contributed by atoms with Crippen molar-refractivity contribution < 1.29 is 18.5 Å². The largest absolute Gasteiger partial charge is 0.319 e. The van der Waals surface area contributed by atoms with Crippen LogP contribution in [-0.2, 0) is 11.3 Å². The van der Waals surface area contributed by atoms with Crippen LogP contribution in [0.1, 0.15) is 36.6 Å². The number of hydrogen-bond donors (Lipinski definition) is 1. The van der Waals surface area contributed by atoms with Gasteiger partial charge in [0.2, 0.25) is 5.91 Å². The Balaban J connectivity index is 1.83. The molecule has 1 saturated carbocycles. The van der Waals surface area contributed by atoms with Gasteiger partial charge in [-0.15, -0.1) is 0 Å². The molecule has 2 aromatic rings. The van der Waals surface area contributed by atoms with Crippen molar-refractivity contribution in [3.05, 3.63) is 49.2 Å². The van der Waals surface area contributed by atoms with Gasteiger partial charge < -0.3 is 5.32 Å². The van der Waals surface area contributed by atoms with E-state index in [1.807, 2.05) is 0 Å². The number of alkyl halides is 2. The van der Waals surface area contributed by atoms with Crippen LogP contribution in [0.25, 0.3) is 0 Å². The summed E-state index contributed by atoms with van der Waals surface area (Å²) in [5.41, 5.74) is -0.265. The third-order valence-corrected chi connectivity index (χ3v) is 4.90. The van der Waals surface area contributed by atoms with Gasteiger partial charge in [0.25, 0.3) is 12.1 Å². The van der Waals surface area contributed by atoms with Crippen LogP contribution in [-0.4, -0.2) is 20.6 Å². The number of amides is 1. The molecular formula is C15H12BrClF2N4O3. The highest BCUT2D eigenvalue weighted by molar-refractivity contribution is 9.10. The number of hydrogen-bond acceptors (Lipinski definition) is 4. The molecule has 26 heavy (non-hydrogen) atoms. The van der Waals surface area contributed by atoms with Gasteiger partial charge in [-0.05, 0) is 40.9 Å². The zero-order chi connectivity index (χ0) is 19.0. The molecule has 0 bridgehead atoms. The zero-order valence-electron chi connectivity index (χ0n) is 13.1. The first kappa shape index (κ1) is 18.7. The van der Waals surface area contributed by atoms with Gasteiger partial charge in [0.05, 0.1) is 15.1 Å². The molecule has 7 nitrogen and oxygen atoms in total. The van der Waals surface area contributed by atoms with Crippen molar-refractivity contribution in [1.82, 2.24) is 9.78 Å².